The molecule has 4 rings (SSSR count). The lowest BCUT2D eigenvalue weighted by molar-refractivity contribution is -0.136. The lowest BCUT2D eigenvalue weighted by Gasteiger charge is -2.37. The molecule has 0 radical (unpaired) electrons. The summed E-state index contributed by atoms with van der Waals surface area (Å²) in [6, 6.07) is 12.6. The fraction of sp³-hybridized carbons (Fsp3) is 0.464. The SMILES string of the molecule is CCN1CC(=O)N[C@H]2CCN(S(C)(=O)=O)C[C@@H]2OCc2cccc(c2)Oc2cc(ccc2OC)CCC1=O.O=CO. The summed E-state index contributed by atoms with van der Waals surface area (Å²) >= 11 is 0. The molecule has 0 aliphatic carbocycles. The second kappa shape index (κ2) is 14.8. The molecule has 0 unspecified atom stereocenters. The Hall–Kier alpha value is -3.68. The van der Waals surface area contributed by atoms with Crippen LogP contribution in [0.15, 0.2) is 42.5 Å². The summed E-state index contributed by atoms with van der Waals surface area (Å²) < 4.78 is 43.6. The van der Waals surface area contributed by atoms with E-state index in [9.17, 15) is 18.0 Å². The van der Waals surface area contributed by atoms with Gasteiger partial charge in [0.15, 0.2) is 11.5 Å². The number of ether oxygens (including phenoxy) is 3. The number of sulfonamides is 1. The first-order valence-electron chi connectivity index (χ1n) is 13.2. The third kappa shape index (κ3) is 9.17. The van der Waals surface area contributed by atoms with E-state index in [2.05, 4.69) is 5.32 Å². The van der Waals surface area contributed by atoms with Crippen LogP contribution >= 0.6 is 0 Å². The molecule has 2 amide bonds. The molecule has 2 heterocycles. The highest BCUT2D eigenvalue weighted by Crippen LogP contribution is 2.33. The van der Waals surface area contributed by atoms with E-state index in [0.29, 0.717) is 36.6 Å². The van der Waals surface area contributed by atoms with Crippen molar-refractivity contribution in [2.24, 2.45) is 0 Å². The Morgan fingerprint density at radius 1 is 1.15 bits per heavy atom. The molecule has 2 atom stereocenters. The highest BCUT2D eigenvalue weighted by molar-refractivity contribution is 7.88. The molecule has 0 saturated carbocycles. The van der Waals surface area contributed by atoms with Gasteiger partial charge in [-0.25, -0.2) is 8.42 Å². The van der Waals surface area contributed by atoms with Crippen LogP contribution in [-0.2, 0) is 42.2 Å². The average molecular weight is 592 g/mol. The van der Waals surface area contributed by atoms with Crippen molar-refractivity contribution in [2.45, 2.75) is 44.9 Å². The fourth-order valence-electron chi connectivity index (χ4n) is 4.72. The van der Waals surface area contributed by atoms with E-state index in [4.69, 9.17) is 24.1 Å². The Balaban J connectivity index is 0.00000147. The number of carbonyl (C=O) groups is 3. The predicted octanol–water partition coefficient (Wildman–Crippen LogP) is 2.02. The molecule has 0 spiro atoms. The number of carbonyl (C=O) groups excluding carboxylic acids is 2. The van der Waals surface area contributed by atoms with Crippen molar-refractivity contribution in [3.05, 3.63) is 53.6 Å². The Bertz CT molecular complexity index is 1320. The van der Waals surface area contributed by atoms with E-state index in [0.717, 1.165) is 11.1 Å². The Labute approximate surface area is 240 Å². The predicted molar refractivity (Wildman–Crippen MR) is 150 cm³/mol. The summed E-state index contributed by atoms with van der Waals surface area (Å²) in [5, 5.41) is 9.88. The van der Waals surface area contributed by atoms with Crippen molar-refractivity contribution >= 4 is 28.3 Å². The van der Waals surface area contributed by atoms with Crippen LogP contribution in [0.1, 0.15) is 30.9 Å². The molecule has 13 heteroatoms. The molecule has 4 bridgehead atoms. The number of nitrogens with one attached hydrogen (secondary N) is 1. The first-order chi connectivity index (χ1) is 19.6. The first kappa shape index (κ1) is 31.8. The number of aryl methyl sites for hydroxylation is 1. The molecule has 12 nitrogen and oxygen atoms in total. The standard InChI is InChI=1S/C27H35N3O7S.CH2O2/c1-4-29-17-26(31)28-22-12-13-30(38(3,33)34)16-25(22)36-18-20-6-5-7-21(14-20)37-24-15-19(9-11-27(29)32)8-10-23(24)35-2;2-1-3/h5-8,10,14-15,22,25H,4,9,11-13,16-18H2,1-3H3,(H,28,31);1H,(H,2,3)/t22-,25-;/m0./s1. The summed E-state index contributed by atoms with van der Waals surface area (Å²) in [5.74, 6) is 1.25. The van der Waals surface area contributed by atoms with E-state index < -0.39 is 22.2 Å². The van der Waals surface area contributed by atoms with Gasteiger partial charge in [-0.15, -0.1) is 0 Å². The zero-order valence-electron chi connectivity index (χ0n) is 23.4. The van der Waals surface area contributed by atoms with Crippen molar-refractivity contribution < 1.29 is 42.1 Å². The molecule has 41 heavy (non-hydrogen) atoms. The molecule has 2 aliphatic heterocycles. The van der Waals surface area contributed by atoms with Gasteiger partial charge in [0.2, 0.25) is 21.8 Å². The Kier molecular flexibility index (Phi) is 11.5. The third-order valence-corrected chi connectivity index (χ3v) is 8.12. The third-order valence-electron chi connectivity index (χ3n) is 6.85. The zero-order chi connectivity index (χ0) is 30.0. The monoisotopic (exact) mass is 591 g/mol. The van der Waals surface area contributed by atoms with Gasteiger partial charge in [0.1, 0.15) is 5.75 Å². The van der Waals surface area contributed by atoms with Crippen LogP contribution in [0.25, 0.3) is 0 Å². The molecule has 2 aromatic rings. The highest BCUT2D eigenvalue weighted by Gasteiger charge is 2.35. The van der Waals surface area contributed by atoms with Gasteiger partial charge in [-0.1, -0.05) is 18.2 Å². The molecule has 1 saturated heterocycles. The fourth-order valence-corrected chi connectivity index (χ4v) is 5.58. The molecule has 2 N–H and O–H groups in total. The smallest absolute Gasteiger partial charge is 0.290 e. The number of carboxylic acid groups (broad SMARTS) is 1. The quantitative estimate of drug-likeness (QED) is 0.511. The molecule has 2 aromatic carbocycles. The highest BCUT2D eigenvalue weighted by atomic mass is 32.2. The minimum absolute atomic E-state index is 0.0760. The summed E-state index contributed by atoms with van der Waals surface area (Å²) in [6.45, 7) is 2.50. The lowest BCUT2D eigenvalue weighted by atomic mass is 10.0. The van der Waals surface area contributed by atoms with Crippen LogP contribution in [0, 0.1) is 0 Å². The number of rotatable bonds is 3. The molecule has 0 aromatic heterocycles. The van der Waals surface area contributed by atoms with Gasteiger partial charge in [0.25, 0.3) is 6.47 Å². The van der Waals surface area contributed by atoms with Crippen molar-refractivity contribution in [1.82, 2.24) is 14.5 Å². The Morgan fingerprint density at radius 2 is 1.90 bits per heavy atom. The summed E-state index contributed by atoms with van der Waals surface area (Å²) in [7, 11) is -1.85. The van der Waals surface area contributed by atoms with Gasteiger partial charge in [0, 0.05) is 26.1 Å². The summed E-state index contributed by atoms with van der Waals surface area (Å²) in [5.41, 5.74) is 1.75. The molecular formula is C28H37N3O9S. The normalized spacial score (nSPS) is 20.6. The Morgan fingerprint density at radius 3 is 2.59 bits per heavy atom. The largest absolute Gasteiger partial charge is 0.493 e. The van der Waals surface area contributed by atoms with Crippen LogP contribution in [0.2, 0.25) is 0 Å². The van der Waals surface area contributed by atoms with Crippen molar-refractivity contribution in [1.29, 1.82) is 0 Å². The van der Waals surface area contributed by atoms with Crippen LogP contribution in [0.3, 0.4) is 0 Å². The number of hydrogen-bond acceptors (Lipinski definition) is 8. The first-order valence-corrected chi connectivity index (χ1v) is 15.1. The summed E-state index contributed by atoms with van der Waals surface area (Å²) in [4.78, 5) is 35.8. The van der Waals surface area contributed by atoms with Crippen molar-refractivity contribution in [2.75, 3.05) is 39.5 Å². The van der Waals surface area contributed by atoms with Crippen molar-refractivity contribution in [3.8, 4) is 17.2 Å². The maximum Gasteiger partial charge on any atom is 0.290 e. The van der Waals surface area contributed by atoms with Gasteiger partial charge in [-0.2, -0.15) is 4.31 Å². The minimum atomic E-state index is -3.42. The van der Waals surface area contributed by atoms with Gasteiger partial charge in [0.05, 0.1) is 38.7 Å². The van der Waals surface area contributed by atoms with Crippen LogP contribution in [0.4, 0.5) is 0 Å². The van der Waals surface area contributed by atoms with E-state index in [1.165, 1.54) is 15.5 Å². The van der Waals surface area contributed by atoms with Gasteiger partial charge in [-0.3, -0.25) is 14.4 Å². The van der Waals surface area contributed by atoms with E-state index in [1.54, 1.807) is 7.11 Å². The number of nitrogens with zero attached hydrogens (tertiary/aromatic N) is 2. The topological polar surface area (TPSA) is 152 Å². The average Bonchev–Trinajstić information content (AvgIpc) is 2.94. The molecule has 2 aliphatic rings. The van der Waals surface area contributed by atoms with E-state index >= 15 is 0 Å². The second-order valence-electron chi connectivity index (χ2n) is 9.68. The number of likely N-dealkylation sites (N-methyl/N-ethyl adjacent to an activating group) is 1. The maximum absolute atomic E-state index is 13.0. The molecule has 224 valence electrons. The van der Waals surface area contributed by atoms with Gasteiger partial charge in [-0.05, 0) is 55.2 Å². The van der Waals surface area contributed by atoms with Crippen LogP contribution in [0.5, 0.6) is 17.2 Å². The number of methoxy groups -OCH3 is 1. The summed E-state index contributed by atoms with van der Waals surface area (Å²) in [6.07, 6.45) is 1.73. The minimum Gasteiger partial charge on any atom is -0.493 e. The lowest BCUT2D eigenvalue weighted by Crippen LogP contribution is -2.57. The van der Waals surface area contributed by atoms with E-state index in [1.807, 2.05) is 49.4 Å². The number of hydrogen-bond donors (Lipinski definition) is 2. The molecular weight excluding hydrogens is 554 g/mol. The van der Waals surface area contributed by atoms with Crippen LogP contribution in [-0.4, -0.2) is 92.7 Å². The zero-order valence-corrected chi connectivity index (χ0v) is 24.3. The van der Waals surface area contributed by atoms with E-state index in [-0.39, 0.29) is 50.9 Å². The number of piperidine rings is 1. The second-order valence-corrected chi connectivity index (χ2v) is 11.7. The number of benzene rings is 2. The van der Waals surface area contributed by atoms with Gasteiger partial charge >= 0.3 is 0 Å². The maximum atomic E-state index is 13.0. The van der Waals surface area contributed by atoms with Gasteiger partial charge < -0.3 is 29.5 Å². The van der Waals surface area contributed by atoms with Crippen LogP contribution < -0.4 is 14.8 Å². The number of amides is 2. The number of fused-ring (bicyclic) bond motifs is 5. The molecule has 1 fully saturated rings. The van der Waals surface area contributed by atoms with Crippen molar-refractivity contribution in [3.63, 3.8) is 0 Å².